The van der Waals surface area contributed by atoms with Crippen molar-refractivity contribution >= 4 is 41.2 Å². The van der Waals surface area contributed by atoms with Crippen molar-refractivity contribution < 1.29 is 28.6 Å². The molecule has 0 saturated carbocycles. The van der Waals surface area contributed by atoms with Gasteiger partial charge in [0.1, 0.15) is 24.5 Å². The highest BCUT2D eigenvalue weighted by atomic mass is 35.5. The predicted molar refractivity (Wildman–Crippen MR) is 169 cm³/mol. The largest absolute Gasteiger partial charge is 0.490 e. The maximum atomic E-state index is 13.5. The Balaban J connectivity index is 1.33. The molecule has 1 N–H and O–H groups in total. The summed E-state index contributed by atoms with van der Waals surface area (Å²) in [6.45, 7) is 6.92. The number of ether oxygens (including phenoxy) is 3. The molecule has 0 aliphatic carbocycles. The minimum Gasteiger partial charge on any atom is -0.490 e. The van der Waals surface area contributed by atoms with E-state index < -0.39 is 17.8 Å². The second-order valence-electron chi connectivity index (χ2n) is 10.3. The molecule has 4 amide bonds. The number of halogens is 1. The number of nitrogens with zero attached hydrogens (tertiary/aromatic N) is 1. The van der Waals surface area contributed by atoms with Crippen LogP contribution in [0.2, 0.25) is 5.02 Å². The lowest BCUT2D eigenvalue weighted by molar-refractivity contribution is -0.122. The van der Waals surface area contributed by atoms with Crippen LogP contribution >= 0.6 is 11.6 Å². The Morgan fingerprint density at radius 1 is 0.795 bits per heavy atom. The summed E-state index contributed by atoms with van der Waals surface area (Å²) >= 11 is 6.20. The molecule has 0 radical (unpaired) electrons. The maximum Gasteiger partial charge on any atom is 0.335 e. The number of benzene rings is 4. The Morgan fingerprint density at radius 2 is 1.52 bits per heavy atom. The minimum absolute atomic E-state index is 0.199. The second kappa shape index (κ2) is 13.5. The highest BCUT2D eigenvalue weighted by molar-refractivity contribution is 6.39. The molecule has 0 aromatic heterocycles. The number of carbonyl (C=O) groups is 3. The van der Waals surface area contributed by atoms with E-state index in [1.54, 1.807) is 48.5 Å². The van der Waals surface area contributed by atoms with E-state index in [1.165, 1.54) is 6.08 Å². The van der Waals surface area contributed by atoms with Gasteiger partial charge in [0, 0.05) is 10.6 Å². The molecule has 1 fully saturated rings. The average Bonchev–Trinajstić information content (AvgIpc) is 2.99. The van der Waals surface area contributed by atoms with Gasteiger partial charge < -0.3 is 14.2 Å². The van der Waals surface area contributed by atoms with E-state index in [4.69, 9.17) is 25.8 Å². The minimum atomic E-state index is -0.841. The van der Waals surface area contributed by atoms with Crippen molar-refractivity contribution in [1.29, 1.82) is 0 Å². The number of aryl methyl sites for hydroxylation is 2. The molecule has 0 unspecified atom stereocenters. The maximum absolute atomic E-state index is 13.5. The summed E-state index contributed by atoms with van der Waals surface area (Å²) in [7, 11) is 0. The smallest absolute Gasteiger partial charge is 0.335 e. The number of amides is 4. The summed E-state index contributed by atoms with van der Waals surface area (Å²) < 4.78 is 17.7. The van der Waals surface area contributed by atoms with E-state index in [1.807, 2.05) is 39.0 Å². The van der Waals surface area contributed by atoms with Crippen LogP contribution in [-0.2, 0) is 22.8 Å². The molecule has 5 rings (SSSR count). The summed E-state index contributed by atoms with van der Waals surface area (Å²) in [6.07, 6.45) is 1.43. The third-order valence-electron chi connectivity index (χ3n) is 6.80. The first-order chi connectivity index (χ1) is 21.2. The van der Waals surface area contributed by atoms with Gasteiger partial charge in [0.15, 0.2) is 11.5 Å². The van der Waals surface area contributed by atoms with Gasteiger partial charge in [-0.3, -0.25) is 14.9 Å². The molecule has 4 aromatic rings. The Hall–Kier alpha value is -5.08. The highest BCUT2D eigenvalue weighted by Crippen LogP contribution is 2.31. The van der Waals surface area contributed by atoms with Gasteiger partial charge >= 0.3 is 6.03 Å². The lowest BCUT2D eigenvalue weighted by Gasteiger charge is -2.26. The normalized spacial score (nSPS) is 14.0. The van der Waals surface area contributed by atoms with Crippen molar-refractivity contribution in [3.8, 4) is 17.2 Å². The van der Waals surface area contributed by atoms with Crippen molar-refractivity contribution in [2.24, 2.45) is 0 Å². The third kappa shape index (κ3) is 7.10. The van der Waals surface area contributed by atoms with E-state index in [9.17, 15) is 14.4 Å². The Bertz CT molecular complexity index is 1730. The molecule has 0 atom stereocenters. The molecular formula is C35H31ClN2O6. The molecule has 44 heavy (non-hydrogen) atoms. The molecule has 0 spiro atoms. The molecule has 0 bridgehead atoms. The van der Waals surface area contributed by atoms with Crippen molar-refractivity contribution in [3.63, 3.8) is 0 Å². The topological polar surface area (TPSA) is 94.2 Å². The van der Waals surface area contributed by atoms with Gasteiger partial charge in [0.2, 0.25) is 0 Å². The van der Waals surface area contributed by atoms with Crippen LogP contribution in [0, 0.1) is 13.8 Å². The first kappa shape index (κ1) is 30.4. The molecule has 4 aromatic carbocycles. The number of hydrogen-bond acceptors (Lipinski definition) is 6. The third-order valence-corrected chi connectivity index (χ3v) is 7.17. The zero-order chi connectivity index (χ0) is 31.2. The van der Waals surface area contributed by atoms with Crippen LogP contribution in [0.1, 0.15) is 34.7 Å². The molecule has 1 aliphatic heterocycles. The molecule has 1 saturated heterocycles. The number of rotatable bonds is 10. The van der Waals surface area contributed by atoms with Crippen molar-refractivity contribution in [3.05, 3.63) is 123 Å². The van der Waals surface area contributed by atoms with Gasteiger partial charge in [-0.25, -0.2) is 9.69 Å². The van der Waals surface area contributed by atoms with Gasteiger partial charge in [0.05, 0.1) is 12.3 Å². The zero-order valence-corrected chi connectivity index (χ0v) is 25.3. The van der Waals surface area contributed by atoms with Crippen LogP contribution in [-0.4, -0.2) is 24.5 Å². The summed E-state index contributed by atoms with van der Waals surface area (Å²) in [6, 6.07) is 24.3. The highest BCUT2D eigenvalue weighted by Gasteiger charge is 2.36. The van der Waals surface area contributed by atoms with E-state index in [2.05, 4.69) is 23.5 Å². The summed E-state index contributed by atoms with van der Waals surface area (Å²) in [5.41, 5.74) is 4.77. The van der Waals surface area contributed by atoms with Crippen molar-refractivity contribution in [1.82, 2.24) is 5.32 Å². The first-order valence-electron chi connectivity index (χ1n) is 14.1. The molecule has 1 heterocycles. The van der Waals surface area contributed by atoms with Crippen LogP contribution < -0.4 is 24.4 Å². The SMILES string of the molecule is CCOc1cc(/C=C2\C(=O)NC(=O)N(c3ccc(OCc4ccccc4Cl)cc3)C2=O)ccc1OCc1cc(C)cc(C)c1. The van der Waals surface area contributed by atoms with Gasteiger partial charge in [-0.05, 0) is 80.4 Å². The fraction of sp³-hybridized carbons (Fsp3) is 0.171. The molecule has 224 valence electrons. The van der Waals surface area contributed by atoms with Crippen LogP contribution in [0.4, 0.5) is 10.5 Å². The zero-order valence-electron chi connectivity index (χ0n) is 24.6. The van der Waals surface area contributed by atoms with Crippen LogP contribution in [0.15, 0.2) is 90.5 Å². The van der Waals surface area contributed by atoms with Gasteiger partial charge in [-0.2, -0.15) is 0 Å². The van der Waals surface area contributed by atoms with E-state index in [0.29, 0.717) is 41.0 Å². The van der Waals surface area contributed by atoms with Crippen LogP contribution in [0.3, 0.4) is 0 Å². The van der Waals surface area contributed by atoms with Crippen LogP contribution in [0.25, 0.3) is 6.08 Å². The molecule has 9 heteroatoms. The summed E-state index contributed by atoms with van der Waals surface area (Å²) in [5, 5.41) is 2.85. The Labute approximate surface area is 260 Å². The lowest BCUT2D eigenvalue weighted by atomic mass is 10.1. The number of hydrogen-bond donors (Lipinski definition) is 1. The number of carbonyl (C=O) groups excluding carboxylic acids is 3. The number of anilines is 1. The first-order valence-corrected chi connectivity index (χ1v) is 14.4. The second-order valence-corrected chi connectivity index (χ2v) is 10.7. The quantitative estimate of drug-likeness (QED) is 0.151. The average molecular weight is 611 g/mol. The van der Waals surface area contributed by atoms with Gasteiger partial charge in [-0.1, -0.05) is 65.2 Å². The van der Waals surface area contributed by atoms with Gasteiger partial charge in [-0.15, -0.1) is 0 Å². The van der Waals surface area contributed by atoms with E-state index >= 15 is 0 Å². The standard InChI is InChI=1S/C35H31ClN2O6/c1-4-42-32-19-24(9-14-31(32)44-20-25-16-22(2)15-23(3)17-25)18-29-33(39)37-35(41)38(34(29)40)27-10-12-28(13-11-27)43-21-26-7-5-6-8-30(26)36/h5-19H,4,20-21H2,1-3H3,(H,37,39,41)/b29-18+. The van der Waals surface area contributed by atoms with Crippen LogP contribution in [0.5, 0.6) is 17.2 Å². The van der Waals surface area contributed by atoms with Gasteiger partial charge in [0.25, 0.3) is 11.8 Å². The number of nitrogens with one attached hydrogen (secondary N) is 1. The van der Waals surface area contributed by atoms with Crippen molar-refractivity contribution in [2.45, 2.75) is 34.0 Å². The summed E-state index contributed by atoms with van der Waals surface area (Å²) in [4.78, 5) is 39.8. The summed E-state index contributed by atoms with van der Waals surface area (Å²) in [5.74, 6) is -0.0225. The predicted octanol–water partition coefficient (Wildman–Crippen LogP) is 7.18. The number of imide groups is 2. The molecular weight excluding hydrogens is 580 g/mol. The lowest BCUT2D eigenvalue weighted by Crippen LogP contribution is -2.54. The number of urea groups is 1. The Morgan fingerprint density at radius 3 is 2.23 bits per heavy atom. The Kier molecular flexibility index (Phi) is 9.31. The van der Waals surface area contributed by atoms with E-state index in [-0.39, 0.29) is 17.9 Å². The van der Waals surface area contributed by atoms with Crippen molar-refractivity contribution in [2.75, 3.05) is 11.5 Å². The van der Waals surface area contributed by atoms with E-state index in [0.717, 1.165) is 27.2 Å². The monoisotopic (exact) mass is 610 g/mol. The fourth-order valence-electron chi connectivity index (χ4n) is 4.84. The molecule has 1 aliphatic rings. The number of barbiturate groups is 1. The molecule has 8 nitrogen and oxygen atoms in total. The fourth-order valence-corrected chi connectivity index (χ4v) is 5.03.